The van der Waals surface area contributed by atoms with E-state index < -0.39 is 0 Å². The van der Waals surface area contributed by atoms with Gasteiger partial charge in [0.15, 0.2) is 0 Å². The van der Waals surface area contributed by atoms with Crippen LogP contribution in [0, 0.1) is 6.92 Å². The fraction of sp³-hybridized carbons (Fsp3) is 0.303. The summed E-state index contributed by atoms with van der Waals surface area (Å²) in [5.41, 5.74) is 5.81. The first-order valence-electron chi connectivity index (χ1n) is 14.1. The van der Waals surface area contributed by atoms with Gasteiger partial charge in [-0.25, -0.2) is 4.68 Å². The van der Waals surface area contributed by atoms with E-state index in [9.17, 15) is 4.79 Å². The molecular weight excluding hydrogens is 512 g/mol. The highest BCUT2D eigenvalue weighted by Crippen LogP contribution is 2.31. The summed E-state index contributed by atoms with van der Waals surface area (Å²) in [6.07, 6.45) is 4.00. The van der Waals surface area contributed by atoms with E-state index in [-0.39, 0.29) is 24.3 Å². The molecule has 0 spiro atoms. The van der Waals surface area contributed by atoms with Crippen molar-refractivity contribution in [2.75, 3.05) is 33.4 Å². The highest BCUT2D eigenvalue weighted by atomic mass is 16.5. The van der Waals surface area contributed by atoms with E-state index in [0.717, 1.165) is 47.8 Å². The maximum Gasteiger partial charge on any atom is 0.226 e. The first-order chi connectivity index (χ1) is 20.0. The summed E-state index contributed by atoms with van der Waals surface area (Å²) in [6.45, 7) is 5.19. The minimum absolute atomic E-state index is 0.00713. The number of rotatable bonds is 9. The molecule has 1 saturated heterocycles. The number of methoxy groups -OCH3 is 1. The molecule has 0 aliphatic carbocycles. The van der Waals surface area contributed by atoms with Gasteiger partial charge in [0.1, 0.15) is 0 Å². The Morgan fingerprint density at radius 2 is 1.80 bits per heavy atom. The van der Waals surface area contributed by atoms with Crippen molar-refractivity contribution in [2.24, 2.45) is 7.05 Å². The molecule has 41 heavy (non-hydrogen) atoms. The number of nitrogens with zero attached hydrogens (tertiary/aromatic N) is 5. The minimum Gasteiger partial charge on any atom is -0.383 e. The lowest BCUT2D eigenvalue weighted by molar-refractivity contribution is -0.121. The molecule has 0 unspecified atom stereocenters. The third-order valence-corrected chi connectivity index (χ3v) is 8.11. The number of aryl methyl sites for hydroxylation is 1. The number of aromatic nitrogens is 4. The Kier molecular flexibility index (Phi) is 7.67. The second kappa shape index (κ2) is 11.7. The second-order valence-corrected chi connectivity index (χ2v) is 10.9. The first-order valence-corrected chi connectivity index (χ1v) is 14.1. The number of nitrogens with one attached hydrogen (secondary N) is 1. The van der Waals surface area contributed by atoms with Gasteiger partial charge in [0, 0.05) is 57.5 Å². The van der Waals surface area contributed by atoms with Crippen LogP contribution < -0.4 is 5.32 Å². The monoisotopic (exact) mass is 548 g/mol. The van der Waals surface area contributed by atoms with Crippen molar-refractivity contribution >= 4 is 16.7 Å². The third-order valence-electron chi connectivity index (χ3n) is 8.11. The molecule has 1 amide bonds. The summed E-state index contributed by atoms with van der Waals surface area (Å²) in [5.74, 6) is 0.179. The predicted octanol–water partition coefficient (Wildman–Crippen LogP) is 4.51. The summed E-state index contributed by atoms with van der Waals surface area (Å²) >= 11 is 0. The Morgan fingerprint density at radius 1 is 1.02 bits per heavy atom. The average molecular weight is 549 g/mol. The van der Waals surface area contributed by atoms with Crippen LogP contribution in [0.5, 0.6) is 0 Å². The number of likely N-dealkylation sites (tertiary alicyclic amines) is 1. The molecule has 3 heterocycles. The van der Waals surface area contributed by atoms with Gasteiger partial charge in [-0.05, 0) is 41.0 Å². The molecule has 210 valence electrons. The van der Waals surface area contributed by atoms with Crippen LogP contribution in [0.1, 0.15) is 22.7 Å². The molecule has 1 aliphatic rings. The maximum absolute atomic E-state index is 13.8. The van der Waals surface area contributed by atoms with Gasteiger partial charge < -0.3 is 10.1 Å². The zero-order chi connectivity index (χ0) is 28.3. The van der Waals surface area contributed by atoms with Gasteiger partial charge in [-0.3, -0.25) is 14.4 Å². The van der Waals surface area contributed by atoms with Crippen molar-refractivity contribution in [3.8, 4) is 16.9 Å². The number of carbonyl (C=O) groups excluding carboxylic acids is 1. The van der Waals surface area contributed by atoms with Gasteiger partial charge >= 0.3 is 0 Å². The first kappa shape index (κ1) is 26.9. The van der Waals surface area contributed by atoms with E-state index in [2.05, 4.69) is 57.8 Å². The van der Waals surface area contributed by atoms with E-state index >= 15 is 0 Å². The lowest BCUT2D eigenvalue weighted by Gasteiger charge is -2.21. The summed E-state index contributed by atoms with van der Waals surface area (Å²) in [5, 5.41) is 15.1. The van der Waals surface area contributed by atoms with Crippen LogP contribution in [-0.2, 0) is 23.0 Å². The maximum atomic E-state index is 13.8. The molecule has 3 aromatic carbocycles. The lowest BCUT2D eigenvalue weighted by atomic mass is 9.92. The molecule has 1 aliphatic heterocycles. The van der Waals surface area contributed by atoms with E-state index in [0.29, 0.717) is 6.61 Å². The molecule has 5 aromatic rings. The van der Waals surface area contributed by atoms with Gasteiger partial charge in [-0.15, -0.1) is 0 Å². The van der Waals surface area contributed by atoms with Gasteiger partial charge in [-0.1, -0.05) is 60.7 Å². The number of carbonyl (C=O) groups is 1. The summed E-state index contributed by atoms with van der Waals surface area (Å²) in [6, 6.07) is 25.1. The molecule has 2 aromatic heterocycles. The average Bonchev–Trinajstić information content (AvgIpc) is 3.69. The zero-order valence-electron chi connectivity index (χ0n) is 23.8. The molecular formula is C33H36N6O2. The van der Waals surface area contributed by atoms with Crippen molar-refractivity contribution in [1.82, 2.24) is 29.8 Å². The summed E-state index contributed by atoms with van der Waals surface area (Å²) in [7, 11) is 3.62. The third kappa shape index (κ3) is 5.66. The zero-order valence-corrected chi connectivity index (χ0v) is 23.8. The molecule has 8 heteroatoms. The molecule has 0 bridgehead atoms. The number of fused-ring (bicyclic) bond motifs is 1. The van der Waals surface area contributed by atoms with Crippen LogP contribution in [0.3, 0.4) is 0 Å². The van der Waals surface area contributed by atoms with Crippen LogP contribution in [0.25, 0.3) is 27.7 Å². The summed E-state index contributed by atoms with van der Waals surface area (Å²) < 4.78 is 9.03. The summed E-state index contributed by atoms with van der Waals surface area (Å²) in [4.78, 5) is 16.1. The number of benzene rings is 3. The predicted molar refractivity (Wildman–Crippen MR) is 161 cm³/mol. The van der Waals surface area contributed by atoms with Gasteiger partial charge in [0.05, 0.1) is 36.3 Å². The number of para-hydroxylation sites is 1. The molecule has 8 nitrogen and oxygen atoms in total. The highest BCUT2D eigenvalue weighted by Gasteiger charge is 2.35. The Bertz CT molecular complexity index is 1660. The van der Waals surface area contributed by atoms with Crippen LogP contribution in [-0.4, -0.2) is 69.8 Å². The molecule has 1 fully saturated rings. The number of ether oxygens (including phenoxy) is 1. The second-order valence-electron chi connectivity index (χ2n) is 10.9. The molecule has 2 atom stereocenters. The van der Waals surface area contributed by atoms with Gasteiger partial charge in [0.25, 0.3) is 0 Å². The van der Waals surface area contributed by atoms with Crippen LogP contribution in [0.4, 0.5) is 0 Å². The fourth-order valence-electron chi connectivity index (χ4n) is 5.96. The number of hydrogen-bond donors (Lipinski definition) is 1. The van der Waals surface area contributed by atoms with Crippen LogP contribution in [0.15, 0.2) is 85.2 Å². The van der Waals surface area contributed by atoms with Crippen molar-refractivity contribution in [1.29, 1.82) is 0 Å². The lowest BCUT2D eigenvalue weighted by Crippen LogP contribution is -2.41. The Balaban J connectivity index is 1.28. The van der Waals surface area contributed by atoms with E-state index in [4.69, 9.17) is 9.84 Å². The van der Waals surface area contributed by atoms with Crippen molar-refractivity contribution in [2.45, 2.75) is 25.3 Å². The smallest absolute Gasteiger partial charge is 0.226 e. The number of hydrogen-bond acceptors (Lipinski definition) is 5. The minimum atomic E-state index is -0.00767. The quantitative estimate of drug-likeness (QED) is 0.293. The highest BCUT2D eigenvalue weighted by molar-refractivity contribution is 5.83. The van der Waals surface area contributed by atoms with Gasteiger partial charge in [0.2, 0.25) is 5.91 Å². The van der Waals surface area contributed by atoms with Crippen molar-refractivity contribution < 1.29 is 9.53 Å². The van der Waals surface area contributed by atoms with E-state index in [1.54, 1.807) is 11.8 Å². The standard InChI is InChI=1S/C33H36N6O2/c1-23-31(39(28-11-5-4-6-12-28)36-33(23)27-19-34-37(2)20-27)18-32(40)35-30-22-38(15-16-41-3)21-29(30)26-14-13-24-9-7-8-10-25(24)17-26/h4-14,17,19-20,29-30H,15-16,18,21-22H2,1-3H3,(H,35,40)/t29-,30+/m0/s1. The SMILES string of the molecule is COCCN1C[C@@H](NC(=O)Cc2c(C)c(-c3cnn(C)c3)nn2-c2ccccc2)[C@H](c2ccc3ccccc3c2)C1. The topological polar surface area (TPSA) is 77.2 Å². The van der Waals surface area contributed by atoms with E-state index in [1.165, 1.54) is 16.3 Å². The molecule has 6 rings (SSSR count). The Morgan fingerprint density at radius 3 is 2.56 bits per heavy atom. The molecule has 0 radical (unpaired) electrons. The van der Waals surface area contributed by atoms with Crippen LogP contribution >= 0.6 is 0 Å². The van der Waals surface area contributed by atoms with Crippen molar-refractivity contribution in [3.05, 3.63) is 102 Å². The van der Waals surface area contributed by atoms with E-state index in [1.807, 2.05) is 61.4 Å². The molecule has 0 saturated carbocycles. The Hall–Kier alpha value is -4.27. The largest absolute Gasteiger partial charge is 0.383 e. The molecule has 1 N–H and O–H groups in total. The van der Waals surface area contributed by atoms with Crippen LogP contribution in [0.2, 0.25) is 0 Å². The van der Waals surface area contributed by atoms with Gasteiger partial charge in [-0.2, -0.15) is 10.2 Å². The normalized spacial score (nSPS) is 17.3. The Labute approximate surface area is 240 Å². The fourth-order valence-corrected chi connectivity index (χ4v) is 5.96. The number of amides is 1. The van der Waals surface area contributed by atoms with Crippen molar-refractivity contribution in [3.63, 3.8) is 0 Å².